The number of rotatable bonds is 3. The van der Waals surface area contributed by atoms with E-state index in [9.17, 15) is 13.2 Å². The van der Waals surface area contributed by atoms with E-state index in [4.69, 9.17) is 0 Å². The molecule has 9 heteroatoms. The minimum absolute atomic E-state index is 0. The minimum atomic E-state index is -4.22. The molecule has 5 rings (SSSR count). The summed E-state index contributed by atoms with van der Waals surface area (Å²) in [5, 5.41) is 0. The lowest BCUT2D eigenvalue weighted by molar-refractivity contribution is -0.991. The predicted octanol–water partition coefficient (Wildman–Crippen LogP) is -0.689. The van der Waals surface area contributed by atoms with Gasteiger partial charge in [0.1, 0.15) is 26.6 Å². The van der Waals surface area contributed by atoms with Gasteiger partial charge in [0.25, 0.3) is 0 Å². The first kappa shape index (κ1) is 17.5. The molecule has 4 heterocycles. The number of halogens is 4. The van der Waals surface area contributed by atoms with Crippen molar-refractivity contribution in [2.45, 2.75) is 16.9 Å². The van der Waals surface area contributed by atoms with Crippen molar-refractivity contribution in [1.29, 1.82) is 0 Å². The Morgan fingerprint density at radius 2 is 1.39 bits per heavy atom. The number of alkyl halides is 3. The van der Waals surface area contributed by atoms with Crippen molar-refractivity contribution in [1.82, 2.24) is 14.7 Å². The Bertz CT molecular complexity index is 531. The average molecular weight is 411 g/mol. The Hall–Kier alpha value is -0.320. The smallest absolute Gasteiger partial charge is 0.446 e. The van der Waals surface area contributed by atoms with Crippen molar-refractivity contribution in [3.63, 3.8) is 0 Å². The SMILES string of the molecule is FC(F)(F)Sc1ccc(C[N+]23CN4CN(CN(C4)C2)C3)cc1.[Br-]. The second kappa shape index (κ2) is 6.20. The summed E-state index contributed by atoms with van der Waals surface area (Å²) in [4.78, 5) is 7.56. The van der Waals surface area contributed by atoms with Crippen molar-refractivity contribution in [3.05, 3.63) is 29.8 Å². The largest absolute Gasteiger partial charge is 1.00 e. The highest BCUT2D eigenvalue weighted by Crippen LogP contribution is 2.37. The molecule has 0 N–H and O–H groups in total. The van der Waals surface area contributed by atoms with Crippen molar-refractivity contribution in [2.75, 3.05) is 40.0 Å². The van der Waals surface area contributed by atoms with Crippen molar-refractivity contribution in [2.24, 2.45) is 0 Å². The lowest BCUT2D eigenvalue weighted by Gasteiger charge is -2.60. The fourth-order valence-corrected chi connectivity index (χ4v) is 4.53. The molecule has 0 amide bonds. The number of hydrogen-bond donors (Lipinski definition) is 0. The number of benzene rings is 1. The molecule has 0 radical (unpaired) electrons. The van der Waals surface area contributed by atoms with Crippen LogP contribution in [0.1, 0.15) is 5.56 Å². The van der Waals surface area contributed by atoms with Crippen LogP contribution in [0.2, 0.25) is 0 Å². The van der Waals surface area contributed by atoms with Crippen LogP contribution in [0.25, 0.3) is 0 Å². The molecule has 4 fully saturated rings. The van der Waals surface area contributed by atoms with Gasteiger partial charge in [0.2, 0.25) is 0 Å². The van der Waals surface area contributed by atoms with Gasteiger partial charge in [-0.25, -0.2) is 14.7 Å². The summed E-state index contributed by atoms with van der Waals surface area (Å²) in [6.07, 6.45) is 0. The summed E-state index contributed by atoms with van der Waals surface area (Å²) in [6, 6.07) is 6.84. The fourth-order valence-electron chi connectivity index (χ4n) is 3.99. The van der Waals surface area contributed by atoms with E-state index in [1.54, 1.807) is 12.1 Å². The number of quaternary nitrogens is 1. The first-order chi connectivity index (χ1) is 10.4. The van der Waals surface area contributed by atoms with Crippen LogP contribution < -0.4 is 17.0 Å². The van der Waals surface area contributed by atoms with Gasteiger partial charge in [-0.2, -0.15) is 13.2 Å². The van der Waals surface area contributed by atoms with E-state index in [1.165, 1.54) is 0 Å². The van der Waals surface area contributed by atoms with Crippen LogP contribution in [0.5, 0.6) is 0 Å². The van der Waals surface area contributed by atoms with Gasteiger partial charge in [-0.3, -0.25) is 4.48 Å². The zero-order chi connectivity index (χ0) is 15.4. The molecule has 0 unspecified atom stereocenters. The predicted molar refractivity (Wildman–Crippen MR) is 77.0 cm³/mol. The van der Waals surface area contributed by atoms with E-state index < -0.39 is 5.51 Å². The molecule has 128 valence electrons. The molecule has 0 saturated carbocycles. The monoisotopic (exact) mass is 410 g/mol. The summed E-state index contributed by atoms with van der Waals surface area (Å²) in [6.45, 7) is 7.09. The maximum absolute atomic E-state index is 12.4. The van der Waals surface area contributed by atoms with E-state index >= 15 is 0 Å². The Morgan fingerprint density at radius 3 is 1.83 bits per heavy atom. The molecule has 4 bridgehead atoms. The molecule has 0 spiro atoms. The van der Waals surface area contributed by atoms with E-state index in [2.05, 4.69) is 14.7 Å². The molecule has 4 aliphatic rings. The van der Waals surface area contributed by atoms with Crippen LogP contribution in [0.15, 0.2) is 29.2 Å². The lowest BCUT2D eigenvalue weighted by atomic mass is 10.1. The molecule has 23 heavy (non-hydrogen) atoms. The normalized spacial score (nSPS) is 35.2. The third-order valence-electron chi connectivity index (χ3n) is 4.37. The summed E-state index contributed by atoms with van der Waals surface area (Å²) in [5.41, 5.74) is -3.11. The van der Waals surface area contributed by atoms with E-state index in [0.29, 0.717) is 0 Å². The number of nitrogens with zero attached hydrogens (tertiary/aromatic N) is 4. The fraction of sp³-hybridized carbons (Fsp3) is 0.571. The van der Waals surface area contributed by atoms with E-state index in [1.807, 2.05) is 12.1 Å². The molecule has 4 saturated heterocycles. The quantitative estimate of drug-likeness (QED) is 0.481. The number of hydrogen-bond acceptors (Lipinski definition) is 4. The molecule has 0 aliphatic carbocycles. The maximum atomic E-state index is 12.4. The van der Waals surface area contributed by atoms with Crippen LogP contribution >= 0.6 is 11.8 Å². The number of thioether (sulfide) groups is 1. The van der Waals surface area contributed by atoms with Gasteiger partial charge < -0.3 is 17.0 Å². The minimum Gasteiger partial charge on any atom is -1.00 e. The Morgan fingerprint density at radius 1 is 0.913 bits per heavy atom. The third kappa shape index (κ3) is 3.85. The summed E-state index contributed by atoms with van der Waals surface area (Å²) in [5.74, 6) is 0. The van der Waals surface area contributed by atoms with Gasteiger partial charge in [0.15, 0.2) is 0 Å². The van der Waals surface area contributed by atoms with E-state index in [-0.39, 0.29) is 33.6 Å². The zero-order valence-corrected chi connectivity index (χ0v) is 14.9. The summed E-state index contributed by atoms with van der Waals surface area (Å²) >= 11 is -0.0504. The van der Waals surface area contributed by atoms with Crippen molar-refractivity contribution in [3.8, 4) is 0 Å². The standard InChI is InChI=1S/C14H18F3N4S.BrH/c15-14(16,17)22-13-3-1-12(2-4-13)5-21-9-18-6-19(10-21)8-20(7-18)11-21;/h1-4H,5-11H2;1H/q+1;/p-1. The molecular formula is C14H18BrF3N4S. The highest BCUT2D eigenvalue weighted by atomic mass is 79.9. The van der Waals surface area contributed by atoms with Gasteiger partial charge in [-0.1, -0.05) is 12.1 Å². The highest BCUT2D eigenvalue weighted by Gasteiger charge is 2.48. The first-order valence-corrected chi connectivity index (χ1v) is 8.08. The summed E-state index contributed by atoms with van der Waals surface area (Å²) in [7, 11) is 0. The van der Waals surface area contributed by atoms with Gasteiger partial charge >= 0.3 is 5.51 Å². The highest BCUT2D eigenvalue weighted by molar-refractivity contribution is 8.00. The van der Waals surface area contributed by atoms with Crippen LogP contribution in [0.3, 0.4) is 0 Å². The van der Waals surface area contributed by atoms with Crippen LogP contribution in [0, 0.1) is 0 Å². The van der Waals surface area contributed by atoms with Gasteiger partial charge in [0, 0.05) is 10.5 Å². The lowest BCUT2D eigenvalue weighted by Crippen LogP contribution is -3.00. The molecule has 4 nitrogen and oxygen atoms in total. The second-order valence-corrected chi connectivity index (χ2v) is 7.69. The molecular weight excluding hydrogens is 393 g/mol. The molecule has 0 atom stereocenters. The Kier molecular flexibility index (Phi) is 4.72. The molecule has 1 aromatic rings. The average Bonchev–Trinajstić information content (AvgIpc) is 2.37. The van der Waals surface area contributed by atoms with Crippen LogP contribution in [-0.4, -0.2) is 64.7 Å². The van der Waals surface area contributed by atoms with Crippen molar-refractivity contribution >= 4 is 11.8 Å². The van der Waals surface area contributed by atoms with Gasteiger partial charge in [-0.05, 0) is 23.9 Å². The topological polar surface area (TPSA) is 9.72 Å². The summed E-state index contributed by atoms with van der Waals surface area (Å²) < 4.78 is 38.1. The third-order valence-corrected chi connectivity index (χ3v) is 5.11. The van der Waals surface area contributed by atoms with Crippen molar-refractivity contribution < 1.29 is 34.6 Å². The van der Waals surface area contributed by atoms with Gasteiger partial charge in [0.05, 0.1) is 20.0 Å². The Balaban J connectivity index is 0.00000156. The van der Waals surface area contributed by atoms with Crippen LogP contribution in [-0.2, 0) is 6.54 Å². The molecule has 1 aromatic carbocycles. The second-order valence-electron chi connectivity index (χ2n) is 6.55. The maximum Gasteiger partial charge on any atom is 0.446 e. The molecule has 4 aliphatic heterocycles. The zero-order valence-electron chi connectivity index (χ0n) is 12.5. The van der Waals surface area contributed by atoms with Crippen LogP contribution in [0.4, 0.5) is 13.2 Å². The van der Waals surface area contributed by atoms with Gasteiger partial charge in [-0.15, -0.1) is 0 Å². The molecule has 0 aromatic heterocycles. The Labute approximate surface area is 148 Å². The van der Waals surface area contributed by atoms with E-state index in [0.717, 1.165) is 56.6 Å². The first-order valence-electron chi connectivity index (χ1n) is 7.26.